The number of nitrogens with one attached hydrogen (secondary N) is 1. The number of anilines is 1. The predicted molar refractivity (Wildman–Crippen MR) is 114 cm³/mol. The summed E-state index contributed by atoms with van der Waals surface area (Å²) in [6, 6.07) is 11.0. The third-order valence-electron chi connectivity index (χ3n) is 5.08. The first-order valence-corrected chi connectivity index (χ1v) is 10.0. The van der Waals surface area contributed by atoms with Crippen LogP contribution in [0, 0.1) is 5.82 Å². The van der Waals surface area contributed by atoms with E-state index in [9.17, 15) is 9.18 Å². The minimum Gasteiger partial charge on any atom is -0.486 e. The van der Waals surface area contributed by atoms with E-state index in [1.807, 2.05) is 19.1 Å². The van der Waals surface area contributed by atoms with Crippen LogP contribution in [-0.2, 0) is 9.53 Å². The molecular weight excluding hydrogens is 407 g/mol. The Morgan fingerprint density at radius 2 is 1.97 bits per heavy atom. The van der Waals surface area contributed by atoms with Crippen molar-refractivity contribution in [2.75, 3.05) is 25.2 Å². The highest BCUT2D eigenvalue weighted by molar-refractivity contribution is 7.80. The van der Waals surface area contributed by atoms with E-state index >= 15 is 0 Å². The quantitative estimate of drug-likeness (QED) is 0.586. The Morgan fingerprint density at radius 1 is 1.23 bits per heavy atom. The molecule has 0 saturated heterocycles. The standard InChI is InChI=1S/C22H21FN2O4S/c1-3-16-19(21(26)27-2)20(14-6-4-5-7-15(14)23)24-22(30)25(16)13-8-9-17-18(12-13)29-11-10-28-17/h4-9,12,20H,3,10-11H2,1-2H3,(H,24,30)/t20-/m0/s1. The lowest BCUT2D eigenvalue weighted by Crippen LogP contribution is -2.48. The molecule has 0 amide bonds. The first-order valence-electron chi connectivity index (χ1n) is 9.61. The van der Waals surface area contributed by atoms with Crippen LogP contribution in [0.5, 0.6) is 11.5 Å². The van der Waals surface area contributed by atoms with E-state index in [1.165, 1.54) is 13.2 Å². The summed E-state index contributed by atoms with van der Waals surface area (Å²) in [5, 5.41) is 3.47. The number of thiocarbonyl (C=S) groups is 1. The van der Waals surface area contributed by atoms with Crippen molar-refractivity contribution in [3.8, 4) is 11.5 Å². The molecule has 0 saturated carbocycles. The minimum atomic E-state index is -0.755. The number of allylic oxidation sites excluding steroid dienone is 1. The van der Waals surface area contributed by atoms with Gasteiger partial charge in [0.05, 0.1) is 24.4 Å². The Hall–Kier alpha value is -3.13. The van der Waals surface area contributed by atoms with Gasteiger partial charge in [-0.25, -0.2) is 9.18 Å². The van der Waals surface area contributed by atoms with Gasteiger partial charge < -0.3 is 19.5 Å². The molecule has 1 atom stereocenters. The van der Waals surface area contributed by atoms with Gasteiger partial charge in [-0.3, -0.25) is 4.90 Å². The van der Waals surface area contributed by atoms with E-state index < -0.39 is 17.8 Å². The number of halogens is 1. The maximum absolute atomic E-state index is 14.6. The molecule has 1 N–H and O–H groups in total. The second-order valence-corrected chi connectivity index (χ2v) is 7.16. The number of ether oxygens (including phenoxy) is 3. The molecule has 2 aromatic rings. The van der Waals surface area contributed by atoms with E-state index in [1.54, 1.807) is 29.2 Å². The van der Waals surface area contributed by atoms with Gasteiger partial charge in [0.15, 0.2) is 16.6 Å². The Morgan fingerprint density at radius 3 is 2.67 bits per heavy atom. The van der Waals surface area contributed by atoms with Crippen LogP contribution in [0.25, 0.3) is 0 Å². The molecule has 0 unspecified atom stereocenters. The second kappa shape index (κ2) is 8.31. The first kappa shape index (κ1) is 20.2. The van der Waals surface area contributed by atoms with Crippen LogP contribution in [0.15, 0.2) is 53.7 Å². The molecule has 0 radical (unpaired) electrons. The number of nitrogens with zero attached hydrogens (tertiary/aromatic N) is 1. The van der Waals surface area contributed by atoms with Gasteiger partial charge in [-0.15, -0.1) is 0 Å². The fraction of sp³-hybridized carbons (Fsp3) is 0.273. The summed E-state index contributed by atoms with van der Waals surface area (Å²) in [6.07, 6.45) is 0.478. The molecule has 2 aromatic carbocycles. The van der Waals surface area contributed by atoms with Gasteiger partial charge in [-0.1, -0.05) is 25.1 Å². The van der Waals surface area contributed by atoms with Gasteiger partial charge in [0.1, 0.15) is 19.0 Å². The number of fused-ring (bicyclic) bond motifs is 1. The molecule has 2 heterocycles. The molecule has 156 valence electrons. The third-order valence-corrected chi connectivity index (χ3v) is 5.38. The number of benzene rings is 2. The van der Waals surface area contributed by atoms with Crippen molar-refractivity contribution in [1.29, 1.82) is 0 Å². The highest BCUT2D eigenvalue weighted by Crippen LogP contribution is 2.40. The van der Waals surface area contributed by atoms with Crippen LogP contribution in [0.3, 0.4) is 0 Å². The number of carbonyl (C=O) groups is 1. The number of esters is 1. The van der Waals surface area contributed by atoms with Gasteiger partial charge in [0.25, 0.3) is 0 Å². The van der Waals surface area contributed by atoms with Gasteiger partial charge in [0, 0.05) is 17.3 Å². The first-order chi connectivity index (χ1) is 14.5. The topological polar surface area (TPSA) is 60.0 Å². The van der Waals surface area contributed by atoms with Crippen molar-refractivity contribution >= 4 is 29.0 Å². The summed E-state index contributed by atoms with van der Waals surface area (Å²) in [7, 11) is 1.31. The van der Waals surface area contributed by atoms with Crippen molar-refractivity contribution < 1.29 is 23.4 Å². The number of hydrogen-bond donors (Lipinski definition) is 1. The van der Waals surface area contributed by atoms with Crippen LogP contribution in [-0.4, -0.2) is 31.4 Å². The average molecular weight is 428 g/mol. The van der Waals surface area contributed by atoms with Crippen molar-refractivity contribution in [3.05, 3.63) is 65.1 Å². The molecule has 0 aromatic heterocycles. The van der Waals surface area contributed by atoms with Crippen LogP contribution in [0.1, 0.15) is 24.9 Å². The van der Waals surface area contributed by atoms with Crippen LogP contribution >= 0.6 is 12.2 Å². The summed E-state index contributed by atoms with van der Waals surface area (Å²) < 4.78 is 30.9. The largest absolute Gasteiger partial charge is 0.486 e. The lowest BCUT2D eigenvalue weighted by Gasteiger charge is -2.38. The molecule has 0 fully saturated rings. The Bertz CT molecular complexity index is 1040. The third kappa shape index (κ3) is 3.47. The van der Waals surface area contributed by atoms with E-state index in [2.05, 4.69) is 5.32 Å². The van der Waals surface area contributed by atoms with Gasteiger partial charge in [-0.2, -0.15) is 0 Å². The lowest BCUT2D eigenvalue weighted by molar-refractivity contribution is -0.136. The Labute approximate surface area is 179 Å². The molecule has 2 aliphatic heterocycles. The van der Waals surface area contributed by atoms with Crippen molar-refractivity contribution in [1.82, 2.24) is 5.32 Å². The minimum absolute atomic E-state index is 0.314. The molecule has 2 aliphatic rings. The Kier molecular flexibility index (Phi) is 5.59. The van der Waals surface area contributed by atoms with Crippen LogP contribution in [0.4, 0.5) is 10.1 Å². The SMILES string of the molecule is CCC1=C(C(=O)OC)[C@H](c2ccccc2F)NC(=S)N1c1ccc2c(c1)OCCO2. The summed E-state index contributed by atoms with van der Waals surface area (Å²) >= 11 is 5.64. The predicted octanol–water partition coefficient (Wildman–Crippen LogP) is 3.87. The number of methoxy groups -OCH3 is 1. The maximum Gasteiger partial charge on any atom is 0.338 e. The van der Waals surface area contributed by atoms with Crippen molar-refractivity contribution in [2.24, 2.45) is 0 Å². The van der Waals surface area contributed by atoms with Crippen molar-refractivity contribution in [3.63, 3.8) is 0 Å². The summed E-state index contributed by atoms with van der Waals surface area (Å²) in [5.74, 6) is 0.285. The molecule has 30 heavy (non-hydrogen) atoms. The van der Waals surface area contributed by atoms with Gasteiger partial charge in [0.2, 0.25) is 0 Å². The number of rotatable bonds is 4. The molecule has 0 spiro atoms. The fourth-order valence-electron chi connectivity index (χ4n) is 3.75. The van der Waals surface area contributed by atoms with Crippen LogP contribution < -0.4 is 19.7 Å². The number of hydrogen-bond acceptors (Lipinski definition) is 5. The van der Waals surface area contributed by atoms with E-state index in [-0.39, 0.29) is 0 Å². The zero-order valence-electron chi connectivity index (χ0n) is 16.6. The molecular formula is C22H21FN2O4S. The zero-order valence-corrected chi connectivity index (χ0v) is 17.4. The molecule has 4 rings (SSSR count). The van der Waals surface area contributed by atoms with Crippen LogP contribution in [0.2, 0.25) is 0 Å². The smallest absolute Gasteiger partial charge is 0.338 e. The zero-order chi connectivity index (χ0) is 21.3. The molecule has 8 heteroatoms. The second-order valence-electron chi connectivity index (χ2n) is 6.77. The van der Waals surface area contributed by atoms with E-state index in [0.29, 0.717) is 58.8 Å². The lowest BCUT2D eigenvalue weighted by atomic mass is 9.93. The number of carbonyl (C=O) groups excluding carboxylic acids is 1. The Balaban J connectivity index is 1.86. The molecule has 0 aliphatic carbocycles. The molecule has 0 bridgehead atoms. The van der Waals surface area contributed by atoms with E-state index in [4.69, 9.17) is 26.4 Å². The summed E-state index contributed by atoms with van der Waals surface area (Å²) in [6.45, 7) is 2.86. The molecule has 6 nitrogen and oxygen atoms in total. The summed E-state index contributed by atoms with van der Waals surface area (Å²) in [5.41, 5.74) is 1.99. The van der Waals surface area contributed by atoms with Gasteiger partial charge in [-0.05, 0) is 36.8 Å². The average Bonchev–Trinajstić information content (AvgIpc) is 2.77. The van der Waals surface area contributed by atoms with E-state index in [0.717, 1.165) is 0 Å². The van der Waals surface area contributed by atoms with Gasteiger partial charge >= 0.3 is 5.97 Å². The van der Waals surface area contributed by atoms with Crippen molar-refractivity contribution in [2.45, 2.75) is 19.4 Å². The monoisotopic (exact) mass is 428 g/mol. The highest BCUT2D eigenvalue weighted by atomic mass is 32.1. The fourth-order valence-corrected chi connectivity index (χ4v) is 4.08. The summed E-state index contributed by atoms with van der Waals surface area (Å²) in [4.78, 5) is 14.6. The maximum atomic E-state index is 14.6. The normalized spacial score (nSPS) is 18.2. The highest BCUT2D eigenvalue weighted by Gasteiger charge is 2.37.